The van der Waals surface area contributed by atoms with E-state index in [9.17, 15) is 13.2 Å². The number of nitrogens with zero attached hydrogens (tertiary/aromatic N) is 8. The molecule has 37 heavy (non-hydrogen) atoms. The lowest BCUT2D eigenvalue weighted by atomic mass is 10.0. The summed E-state index contributed by atoms with van der Waals surface area (Å²) in [7, 11) is 3.14. The van der Waals surface area contributed by atoms with Crippen LogP contribution in [0.15, 0.2) is 30.9 Å². The SMILES string of the molecule is COc1ncnc(C2CC2)c1-n1nc(C)c2c1CN(c1ccc(-c3nc(C(F)(F)F)cn3C)cn1)CC2. The van der Waals surface area contributed by atoms with E-state index in [0.29, 0.717) is 23.9 Å². The number of ether oxygens (including phenoxy) is 1. The minimum Gasteiger partial charge on any atom is -0.479 e. The number of pyridine rings is 1. The van der Waals surface area contributed by atoms with E-state index < -0.39 is 11.9 Å². The van der Waals surface area contributed by atoms with Crippen molar-refractivity contribution in [2.75, 3.05) is 18.6 Å². The predicted molar refractivity (Wildman–Crippen MR) is 129 cm³/mol. The molecular weight excluding hydrogens is 485 g/mol. The lowest BCUT2D eigenvalue weighted by molar-refractivity contribution is -0.140. The van der Waals surface area contributed by atoms with Gasteiger partial charge in [0.25, 0.3) is 0 Å². The van der Waals surface area contributed by atoms with Gasteiger partial charge in [-0.1, -0.05) is 0 Å². The van der Waals surface area contributed by atoms with Gasteiger partial charge < -0.3 is 14.2 Å². The van der Waals surface area contributed by atoms with Gasteiger partial charge in [-0.3, -0.25) is 0 Å². The third-order valence-corrected chi connectivity index (χ3v) is 6.95. The van der Waals surface area contributed by atoms with Crippen molar-refractivity contribution in [2.45, 2.75) is 44.8 Å². The van der Waals surface area contributed by atoms with Crippen LogP contribution in [0.25, 0.3) is 17.1 Å². The molecule has 1 aliphatic carbocycles. The molecule has 6 rings (SSSR count). The van der Waals surface area contributed by atoms with E-state index in [1.165, 1.54) is 16.5 Å². The quantitative estimate of drug-likeness (QED) is 0.397. The molecule has 0 amide bonds. The van der Waals surface area contributed by atoms with E-state index in [1.807, 2.05) is 17.7 Å². The smallest absolute Gasteiger partial charge is 0.434 e. The number of rotatable bonds is 5. The molecule has 4 aromatic rings. The molecule has 0 radical (unpaired) electrons. The summed E-state index contributed by atoms with van der Waals surface area (Å²) >= 11 is 0. The number of hydrogen-bond acceptors (Lipinski definition) is 7. The van der Waals surface area contributed by atoms with Gasteiger partial charge in [-0.2, -0.15) is 23.3 Å². The lowest BCUT2D eigenvalue weighted by Gasteiger charge is -2.29. The molecule has 1 fully saturated rings. The van der Waals surface area contributed by atoms with Gasteiger partial charge in [0.2, 0.25) is 5.88 Å². The summed E-state index contributed by atoms with van der Waals surface area (Å²) < 4.78 is 48.1. The Morgan fingerprint density at radius 2 is 1.92 bits per heavy atom. The van der Waals surface area contributed by atoms with Crippen LogP contribution in [-0.4, -0.2) is 47.9 Å². The molecule has 2 aliphatic rings. The molecule has 0 unspecified atom stereocenters. The van der Waals surface area contributed by atoms with Crippen molar-refractivity contribution < 1.29 is 17.9 Å². The van der Waals surface area contributed by atoms with Crippen LogP contribution in [0.1, 0.15) is 47.1 Å². The van der Waals surface area contributed by atoms with Gasteiger partial charge >= 0.3 is 6.18 Å². The van der Waals surface area contributed by atoms with Crippen LogP contribution in [0.5, 0.6) is 5.88 Å². The molecule has 4 aromatic heterocycles. The Morgan fingerprint density at radius 3 is 2.57 bits per heavy atom. The number of fused-ring (bicyclic) bond motifs is 1. The maximum absolute atomic E-state index is 13.1. The monoisotopic (exact) mass is 510 g/mol. The van der Waals surface area contributed by atoms with Gasteiger partial charge in [-0.05, 0) is 38.3 Å². The predicted octanol–water partition coefficient (Wildman–Crippen LogP) is 4.23. The largest absolute Gasteiger partial charge is 0.479 e. The molecule has 0 N–H and O–H groups in total. The van der Waals surface area contributed by atoms with Crippen LogP contribution >= 0.6 is 0 Å². The highest BCUT2D eigenvalue weighted by atomic mass is 19.4. The Hall–Kier alpha value is -3.96. The summed E-state index contributed by atoms with van der Waals surface area (Å²) in [5, 5.41) is 4.86. The van der Waals surface area contributed by atoms with Crippen molar-refractivity contribution >= 4 is 5.82 Å². The summed E-state index contributed by atoms with van der Waals surface area (Å²) in [6.45, 7) is 3.31. The second-order valence-electron chi connectivity index (χ2n) is 9.45. The number of methoxy groups -OCH3 is 1. The van der Waals surface area contributed by atoms with Gasteiger partial charge in [-0.15, -0.1) is 0 Å². The molecule has 5 heterocycles. The van der Waals surface area contributed by atoms with Gasteiger partial charge in [0.1, 0.15) is 23.7 Å². The summed E-state index contributed by atoms with van der Waals surface area (Å²) in [6, 6.07) is 3.57. The van der Waals surface area contributed by atoms with Gasteiger partial charge in [0.05, 0.1) is 30.7 Å². The van der Waals surface area contributed by atoms with Crippen molar-refractivity contribution in [3.05, 3.63) is 59.2 Å². The molecule has 192 valence electrons. The van der Waals surface area contributed by atoms with Crippen LogP contribution in [-0.2, 0) is 26.2 Å². The summed E-state index contributed by atoms with van der Waals surface area (Å²) in [5.74, 6) is 1.81. The molecule has 0 aromatic carbocycles. The standard InChI is InChI=1S/C25H25F3N8O/c1-14-17-8-9-35(20-7-6-16(10-29-20)23-32-19(12-34(23)2)25(26,27)28)11-18(17)36(33-14)22-21(15-4-5-15)30-13-31-24(22)37-3/h6-7,10,12-13,15H,4-5,8-9,11H2,1-3H3. The number of alkyl halides is 3. The van der Waals surface area contributed by atoms with Gasteiger partial charge in [-0.25, -0.2) is 19.6 Å². The Labute approximate surface area is 211 Å². The van der Waals surface area contributed by atoms with Crippen LogP contribution in [0.3, 0.4) is 0 Å². The normalized spacial score (nSPS) is 15.7. The Bertz CT molecular complexity index is 1470. The van der Waals surface area contributed by atoms with Gasteiger partial charge in [0.15, 0.2) is 5.69 Å². The van der Waals surface area contributed by atoms with E-state index in [2.05, 4.69) is 24.8 Å². The first-order valence-corrected chi connectivity index (χ1v) is 12.0. The zero-order chi connectivity index (χ0) is 25.9. The third kappa shape index (κ3) is 4.09. The molecule has 0 atom stereocenters. The maximum Gasteiger partial charge on any atom is 0.434 e. The minimum absolute atomic E-state index is 0.213. The van der Waals surface area contributed by atoms with Crippen molar-refractivity contribution in [1.82, 2.24) is 34.3 Å². The zero-order valence-corrected chi connectivity index (χ0v) is 20.6. The molecule has 0 bridgehead atoms. The fourth-order valence-corrected chi connectivity index (χ4v) is 4.94. The second kappa shape index (κ2) is 8.56. The fraction of sp³-hybridized carbons (Fsp3) is 0.400. The average Bonchev–Trinajstić information content (AvgIpc) is 3.58. The summed E-state index contributed by atoms with van der Waals surface area (Å²) in [4.78, 5) is 19.4. The average molecular weight is 511 g/mol. The van der Waals surface area contributed by atoms with E-state index >= 15 is 0 Å². The highest BCUT2D eigenvalue weighted by Gasteiger charge is 2.35. The number of aromatic nitrogens is 7. The minimum atomic E-state index is -4.50. The molecule has 1 aliphatic heterocycles. The maximum atomic E-state index is 13.1. The third-order valence-electron chi connectivity index (χ3n) is 6.95. The van der Waals surface area contributed by atoms with E-state index in [1.54, 1.807) is 26.4 Å². The van der Waals surface area contributed by atoms with E-state index in [4.69, 9.17) is 9.84 Å². The molecular formula is C25H25F3N8O. The van der Waals surface area contributed by atoms with Crippen LogP contribution in [0.2, 0.25) is 0 Å². The number of aryl methyl sites for hydroxylation is 2. The van der Waals surface area contributed by atoms with Crippen molar-refractivity contribution in [1.29, 1.82) is 0 Å². The molecule has 1 saturated carbocycles. The number of halogens is 3. The zero-order valence-electron chi connectivity index (χ0n) is 20.6. The van der Waals surface area contributed by atoms with Crippen molar-refractivity contribution in [3.63, 3.8) is 0 Å². The highest BCUT2D eigenvalue weighted by Crippen LogP contribution is 2.44. The fourth-order valence-electron chi connectivity index (χ4n) is 4.94. The van der Waals surface area contributed by atoms with Crippen LogP contribution in [0.4, 0.5) is 19.0 Å². The van der Waals surface area contributed by atoms with Crippen LogP contribution in [0, 0.1) is 6.92 Å². The second-order valence-corrected chi connectivity index (χ2v) is 9.45. The van der Waals surface area contributed by atoms with E-state index in [-0.39, 0.29) is 5.82 Å². The first-order chi connectivity index (χ1) is 17.7. The lowest BCUT2D eigenvalue weighted by Crippen LogP contribution is -2.32. The highest BCUT2D eigenvalue weighted by molar-refractivity contribution is 5.58. The number of anilines is 1. The summed E-state index contributed by atoms with van der Waals surface area (Å²) in [5.41, 5.74) is 4.51. The first kappa shape index (κ1) is 23.4. The topological polar surface area (TPSA) is 86.8 Å². The van der Waals surface area contributed by atoms with Crippen LogP contribution < -0.4 is 9.64 Å². The van der Waals surface area contributed by atoms with Crippen molar-refractivity contribution in [3.8, 4) is 23.0 Å². The Kier molecular flexibility index (Phi) is 5.42. The molecule has 0 spiro atoms. The van der Waals surface area contributed by atoms with E-state index in [0.717, 1.165) is 60.6 Å². The first-order valence-electron chi connectivity index (χ1n) is 12.0. The molecule has 0 saturated heterocycles. The number of hydrogen-bond donors (Lipinski definition) is 0. The van der Waals surface area contributed by atoms with Gasteiger partial charge in [0, 0.05) is 43.0 Å². The Morgan fingerprint density at radius 1 is 1.11 bits per heavy atom. The Balaban J connectivity index is 1.32. The number of imidazole rings is 1. The summed E-state index contributed by atoms with van der Waals surface area (Å²) in [6.07, 6.45) is 2.54. The molecule has 12 heteroatoms. The molecule has 9 nitrogen and oxygen atoms in total. The van der Waals surface area contributed by atoms with Crippen molar-refractivity contribution in [2.24, 2.45) is 7.05 Å².